The first-order valence-electron chi connectivity index (χ1n) is 10.2. The first-order chi connectivity index (χ1) is 14.8. The van der Waals surface area contributed by atoms with E-state index in [1.54, 1.807) is 0 Å². The van der Waals surface area contributed by atoms with Gasteiger partial charge in [0.15, 0.2) is 0 Å². The molecule has 1 fully saturated rings. The Morgan fingerprint density at radius 2 is 1.97 bits per heavy atom. The van der Waals surface area contributed by atoms with Crippen LogP contribution in [0.25, 0.3) is 11.3 Å². The Morgan fingerprint density at radius 3 is 2.58 bits per heavy atom. The maximum atomic E-state index is 13.9. The monoisotopic (exact) mass is 454 g/mol. The SMILES string of the molecule is NC(=O)c1c(-c2ccc(F)c(Cl)c2)nn2c1CN(C(=O)CC1CCCC1)CC2C(F)F. The van der Waals surface area contributed by atoms with Gasteiger partial charge in [-0.3, -0.25) is 14.3 Å². The summed E-state index contributed by atoms with van der Waals surface area (Å²) in [4.78, 5) is 26.5. The number of benzene rings is 1. The van der Waals surface area contributed by atoms with Gasteiger partial charge in [-0.05, 0) is 37.0 Å². The summed E-state index contributed by atoms with van der Waals surface area (Å²) >= 11 is 5.85. The Balaban J connectivity index is 1.74. The number of nitrogens with zero attached hydrogens (tertiary/aromatic N) is 3. The van der Waals surface area contributed by atoms with E-state index in [0.717, 1.165) is 36.4 Å². The van der Waals surface area contributed by atoms with Crippen molar-refractivity contribution in [2.45, 2.75) is 51.1 Å². The molecule has 2 aromatic rings. The summed E-state index contributed by atoms with van der Waals surface area (Å²) in [5.41, 5.74) is 5.98. The number of halogens is 4. The lowest BCUT2D eigenvalue weighted by Crippen LogP contribution is -2.44. The molecule has 2 N–H and O–H groups in total. The van der Waals surface area contributed by atoms with E-state index < -0.39 is 24.2 Å². The summed E-state index contributed by atoms with van der Waals surface area (Å²) in [6, 6.07) is 2.29. The molecule has 1 aliphatic heterocycles. The first-order valence-corrected chi connectivity index (χ1v) is 10.6. The number of hydrogen-bond acceptors (Lipinski definition) is 3. The van der Waals surface area contributed by atoms with Gasteiger partial charge in [-0.25, -0.2) is 13.2 Å². The third-order valence-electron chi connectivity index (χ3n) is 6.09. The lowest BCUT2D eigenvalue weighted by Gasteiger charge is -2.34. The van der Waals surface area contributed by atoms with Crippen molar-refractivity contribution < 1.29 is 22.8 Å². The molecule has 0 saturated heterocycles. The summed E-state index contributed by atoms with van der Waals surface area (Å²) in [6.45, 7) is -0.255. The number of rotatable bonds is 5. The van der Waals surface area contributed by atoms with Crippen molar-refractivity contribution in [2.75, 3.05) is 6.54 Å². The molecule has 166 valence electrons. The topological polar surface area (TPSA) is 81.2 Å². The third-order valence-corrected chi connectivity index (χ3v) is 6.38. The molecule has 10 heteroatoms. The van der Waals surface area contributed by atoms with Crippen molar-refractivity contribution in [1.82, 2.24) is 14.7 Å². The average Bonchev–Trinajstić information content (AvgIpc) is 3.36. The Labute approximate surface area is 182 Å². The second kappa shape index (κ2) is 8.53. The van der Waals surface area contributed by atoms with Crippen LogP contribution in [-0.4, -0.2) is 39.5 Å². The molecule has 0 radical (unpaired) electrons. The van der Waals surface area contributed by atoms with E-state index in [4.69, 9.17) is 17.3 Å². The average molecular weight is 455 g/mol. The van der Waals surface area contributed by atoms with Crippen molar-refractivity contribution in [3.8, 4) is 11.3 Å². The van der Waals surface area contributed by atoms with E-state index in [0.29, 0.717) is 6.42 Å². The molecule has 2 aliphatic rings. The molecule has 31 heavy (non-hydrogen) atoms. The highest BCUT2D eigenvalue weighted by Crippen LogP contribution is 2.36. The lowest BCUT2D eigenvalue weighted by atomic mass is 10.0. The molecular weight excluding hydrogens is 433 g/mol. The first kappa shape index (κ1) is 21.7. The van der Waals surface area contributed by atoms with E-state index >= 15 is 0 Å². The zero-order chi connectivity index (χ0) is 22.3. The van der Waals surface area contributed by atoms with Crippen LogP contribution < -0.4 is 5.73 Å². The van der Waals surface area contributed by atoms with Gasteiger partial charge in [0.2, 0.25) is 5.91 Å². The van der Waals surface area contributed by atoms with Crippen LogP contribution in [-0.2, 0) is 11.3 Å². The number of hydrogen-bond donors (Lipinski definition) is 1. The summed E-state index contributed by atoms with van der Waals surface area (Å²) in [7, 11) is 0. The van der Waals surface area contributed by atoms with Gasteiger partial charge in [0.1, 0.15) is 17.6 Å². The van der Waals surface area contributed by atoms with E-state index in [9.17, 15) is 22.8 Å². The van der Waals surface area contributed by atoms with Gasteiger partial charge >= 0.3 is 0 Å². The summed E-state index contributed by atoms with van der Waals surface area (Å²) in [6.07, 6.45) is 1.54. The molecule has 2 amide bonds. The van der Waals surface area contributed by atoms with Crippen molar-refractivity contribution in [3.05, 3.63) is 40.3 Å². The molecule has 2 heterocycles. The second-order valence-corrected chi connectivity index (χ2v) is 8.55. The maximum absolute atomic E-state index is 13.9. The Hall–Kier alpha value is -2.55. The lowest BCUT2D eigenvalue weighted by molar-refractivity contribution is -0.135. The Morgan fingerprint density at radius 1 is 1.26 bits per heavy atom. The van der Waals surface area contributed by atoms with Crippen molar-refractivity contribution in [1.29, 1.82) is 0 Å². The molecule has 6 nitrogen and oxygen atoms in total. The minimum atomic E-state index is -2.81. The number of carbonyl (C=O) groups is 2. The van der Waals surface area contributed by atoms with E-state index in [-0.39, 0.29) is 52.5 Å². The van der Waals surface area contributed by atoms with Crippen LogP contribution in [0, 0.1) is 11.7 Å². The predicted molar refractivity (Wildman–Crippen MR) is 108 cm³/mol. The number of aromatic nitrogens is 2. The van der Waals surface area contributed by atoms with Crippen LogP contribution in [0.3, 0.4) is 0 Å². The van der Waals surface area contributed by atoms with Crippen LogP contribution >= 0.6 is 11.6 Å². The maximum Gasteiger partial charge on any atom is 0.262 e. The number of fused-ring (bicyclic) bond motifs is 1. The number of amides is 2. The van der Waals surface area contributed by atoms with Crippen molar-refractivity contribution in [2.24, 2.45) is 11.7 Å². The van der Waals surface area contributed by atoms with Crippen LogP contribution in [0.4, 0.5) is 13.2 Å². The van der Waals surface area contributed by atoms with Gasteiger partial charge in [-0.1, -0.05) is 24.4 Å². The fourth-order valence-electron chi connectivity index (χ4n) is 4.51. The number of primary amides is 1. The largest absolute Gasteiger partial charge is 0.365 e. The molecule has 1 atom stereocenters. The van der Waals surface area contributed by atoms with E-state index in [1.165, 1.54) is 17.0 Å². The van der Waals surface area contributed by atoms with Crippen molar-refractivity contribution >= 4 is 23.4 Å². The van der Waals surface area contributed by atoms with Gasteiger partial charge in [0.25, 0.3) is 12.3 Å². The molecule has 1 saturated carbocycles. The molecule has 1 aliphatic carbocycles. The highest BCUT2D eigenvalue weighted by molar-refractivity contribution is 6.31. The zero-order valence-corrected chi connectivity index (χ0v) is 17.4. The predicted octanol–water partition coefficient (Wildman–Crippen LogP) is 4.17. The van der Waals surface area contributed by atoms with Gasteiger partial charge < -0.3 is 10.6 Å². The quantitative estimate of drug-likeness (QED) is 0.736. The Bertz CT molecular complexity index is 1020. The number of alkyl halides is 2. The molecule has 1 aromatic carbocycles. The summed E-state index contributed by atoms with van der Waals surface area (Å²) in [5, 5.41) is 4.03. The summed E-state index contributed by atoms with van der Waals surface area (Å²) < 4.78 is 42.5. The Kier molecular flexibility index (Phi) is 5.96. The number of carbonyl (C=O) groups excluding carboxylic acids is 2. The van der Waals surface area contributed by atoms with Crippen LogP contribution in [0.5, 0.6) is 0 Å². The van der Waals surface area contributed by atoms with Crippen molar-refractivity contribution in [3.63, 3.8) is 0 Å². The standard InChI is InChI=1S/C21H22ClF3N4O2/c22-13-8-12(5-6-14(13)23)19-18(21(26)31)15-9-28(10-16(20(24)25)29(15)27-19)17(30)7-11-3-1-2-4-11/h5-6,8,11,16,20H,1-4,7,9-10H2,(H2,26,31). The molecule has 4 rings (SSSR count). The fraction of sp³-hybridized carbons (Fsp3) is 0.476. The third kappa shape index (κ3) is 4.15. The van der Waals surface area contributed by atoms with E-state index in [2.05, 4.69) is 5.10 Å². The smallest absolute Gasteiger partial charge is 0.262 e. The minimum Gasteiger partial charge on any atom is -0.365 e. The molecule has 1 aromatic heterocycles. The molecule has 1 unspecified atom stereocenters. The number of nitrogens with two attached hydrogens (primary N) is 1. The van der Waals surface area contributed by atoms with Gasteiger partial charge in [0, 0.05) is 18.5 Å². The van der Waals surface area contributed by atoms with Crippen LogP contribution in [0.15, 0.2) is 18.2 Å². The van der Waals surface area contributed by atoms with Gasteiger partial charge in [0.05, 0.1) is 22.8 Å². The highest BCUT2D eigenvalue weighted by Gasteiger charge is 2.39. The molecular formula is C21H22ClF3N4O2. The molecule has 0 spiro atoms. The van der Waals surface area contributed by atoms with Crippen LogP contribution in [0.2, 0.25) is 5.02 Å². The second-order valence-electron chi connectivity index (χ2n) is 8.14. The summed E-state index contributed by atoms with van der Waals surface area (Å²) in [5.74, 6) is -1.48. The highest BCUT2D eigenvalue weighted by atomic mass is 35.5. The zero-order valence-electron chi connectivity index (χ0n) is 16.7. The molecule has 0 bridgehead atoms. The van der Waals surface area contributed by atoms with E-state index in [1.807, 2.05) is 0 Å². The normalized spacial score (nSPS) is 19.1. The van der Waals surface area contributed by atoms with Crippen LogP contribution in [0.1, 0.15) is 54.2 Å². The minimum absolute atomic E-state index is 0.0418. The van der Waals surface area contributed by atoms with Gasteiger partial charge in [-0.15, -0.1) is 0 Å². The fourth-order valence-corrected chi connectivity index (χ4v) is 4.70. The van der Waals surface area contributed by atoms with Gasteiger partial charge in [-0.2, -0.15) is 5.10 Å².